The molecular formula is C9H19ClN2O2. The molecule has 1 N–H and O–H groups in total. The van der Waals surface area contributed by atoms with E-state index in [1.807, 2.05) is 13.8 Å². The zero-order chi connectivity index (χ0) is 9.68. The Hall–Kier alpha value is -0.320. The number of carbonyl (C=O) groups excluding carboxylic acids is 1. The van der Waals surface area contributed by atoms with E-state index in [4.69, 9.17) is 4.74 Å². The Kier molecular flexibility index (Phi) is 6.87. The van der Waals surface area contributed by atoms with E-state index in [2.05, 4.69) is 10.2 Å². The van der Waals surface area contributed by atoms with Gasteiger partial charge in [0.2, 0.25) is 0 Å². The predicted molar refractivity (Wildman–Crippen MR) is 57.8 cm³/mol. The molecule has 1 rings (SSSR count). The van der Waals surface area contributed by atoms with Gasteiger partial charge in [-0.25, -0.2) is 0 Å². The van der Waals surface area contributed by atoms with Crippen molar-refractivity contribution < 1.29 is 9.53 Å². The first-order chi connectivity index (χ1) is 6.25. The minimum absolute atomic E-state index is 0. The molecule has 0 radical (unpaired) electrons. The van der Waals surface area contributed by atoms with Gasteiger partial charge in [-0.15, -0.1) is 12.4 Å². The maximum absolute atomic E-state index is 11.4. The number of hydrogen-bond donors (Lipinski definition) is 1. The Morgan fingerprint density at radius 3 is 2.57 bits per heavy atom. The molecule has 1 fully saturated rings. The average molecular weight is 223 g/mol. The minimum Gasteiger partial charge on any atom is -0.465 e. The van der Waals surface area contributed by atoms with Crippen molar-refractivity contribution in [1.29, 1.82) is 0 Å². The van der Waals surface area contributed by atoms with Crippen molar-refractivity contribution >= 4 is 18.4 Å². The van der Waals surface area contributed by atoms with Gasteiger partial charge in [-0.1, -0.05) is 0 Å². The van der Waals surface area contributed by atoms with Crippen molar-refractivity contribution in [3.05, 3.63) is 0 Å². The summed E-state index contributed by atoms with van der Waals surface area (Å²) in [6.07, 6.45) is 0. The van der Waals surface area contributed by atoms with Gasteiger partial charge in [0.15, 0.2) is 0 Å². The molecule has 5 heteroatoms. The molecule has 1 saturated heterocycles. The number of rotatable bonds is 3. The van der Waals surface area contributed by atoms with Crippen LogP contribution in [-0.2, 0) is 9.53 Å². The molecule has 1 aliphatic rings. The van der Waals surface area contributed by atoms with E-state index < -0.39 is 0 Å². The van der Waals surface area contributed by atoms with E-state index >= 15 is 0 Å². The van der Waals surface area contributed by atoms with Crippen LogP contribution in [0, 0.1) is 0 Å². The molecule has 1 unspecified atom stereocenters. The summed E-state index contributed by atoms with van der Waals surface area (Å²) in [5.74, 6) is -0.107. The van der Waals surface area contributed by atoms with Crippen molar-refractivity contribution in [3.63, 3.8) is 0 Å². The zero-order valence-corrected chi connectivity index (χ0v) is 9.60. The fraction of sp³-hybridized carbons (Fsp3) is 0.889. The maximum Gasteiger partial charge on any atom is 0.323 e. The second kappa shape index (κ2) is 7.04. The summed E-state index contributed by atoms with van der Waals surface area (Å²) in [6, 6.07) is -0.0953. The second-order valence-electron chi connectivity index (χ2n) is 3.21. The number of hydrogen-bond acceptors (Lipinski definition) is 4. The number of ether oxygens (including phenoxy) is 1. The number of carbonyl (C=O) groups is 1. The Labute approximate surface area is 91.4 Å². The quantitative estimate of drug-likeness (QED) is 0.696. The topological polar surface area (TPSA) is 41.6 Å². The summed E-state index contributed by atoms with van der Waals surface area (Å²) in [5.41, 5.74) is 0. The van der Waals surface area contributed by atoms with Crippen molar-refractivity contribution in [2.24, 2.45) is 0 Å². The molecule has 1 aliphatic heterocycles. The number of nitrogens with zero attached hydrogens (tertiary/aromatic N) is 1. The highest BCUT2D eigenvalue weighted by Crippen LogP contribution is 2.02. The van der Waals surface area contributed by atoms with Gasteiger partial charge in [0.05, 0.1) is 6.61 Å². The first-order valence-electron chi connectivity index (χ1n) is 4.87. The molecule has 1 atom stereocenters. The van der Waals surface area contributed by atoms with Crippen molar-refractivity contribution in [3.8, 4) is 0 Å². The lowest BCUT2D eigenvalue weighted by atomic mass is 10.2. The van der Waals surface area contributed by atoms with Gasteiger partial charge in [0.25, 0.3) is 0 Å². The summed E-state index contributed by atoms with van der Waals surface area (Å²) in [6.45, 7) is 7.99. The Bertz CT molecular complexity index is 172. The van der Waals surface area contributed by atoms with Gasteiger partial charge in [-0.2, -0.15) is 0 Å². The van der Waals surface area contributed by atoms with Gasteiger partial charge in [-0.05, 0) is 13.8 Å². The van der Waals surface area contributed by atoms with E-state index in [0.717, 1.165) is 26.2 Å². The molecule has 4 nitrogen and oxygen atoms in total. The van der Waals surface area contributed by atoms with Gasteiger partial charge < -0.3 is 10.1 Å². The van der Waals surface area contributed by atoms with Crippen LogP contribution in [0.2, 0.25) is 0 Å². The van der Waals surface area contributed by atoms with E-state index in [1.165, 1.54) is 0 Å². The van der Waals surface area contributed by atoms with E-state index in [9.17, 15) is 4.79 Å². The molecule has 0 spiro atoms. The largest absolute Gasteiger partial charge is 0.465 e. The van der Waals surface area contributed by atoms with Crippen molar-refractivity contribution in [2.45, 2.75) is 19.9 Å². The van der Waals surface area contributed by atoms with Crippen LogP contribution < -0.4 is 5.32 Å². The Morgan fingerprint density at radius 2 is 2.07 bits per heavy atom. The first kappa shape index (κ1) is 13.7. The summed E-state index contributed by atoms with van der Waals surface area (Å²) in [4.78, 5) is 13.5. The highest BCUT2D eigenvalue weighted by molar-refractivity contribution is 5.85. The lowest BCUT2D eigenvalue weighted by molar-refractivity contribution is -0.149. The van der Waals surface area contributed by atoms with Crippen molar-refractivity contribution in [2.75, 3.05) is 32.8 Å². The van der Waals surface area contributed by atoms with Crippen LogP contribution >= 0.6 is 12.4 Å². The van der Waals surface area contributed by atoms with Crippen LogP contribution in [0.3, 0.4) is 0 Å². The molecule has 0 saturated carbocycles. The van der Waals surface area contributed by atoms with E-state index in [1.54, 1.807) is 0 Å². The van der Waals surface area contributed by atoms with Gasteiger partial charge >= 0.3 is 5.97 Å². The molecule has 84 valence electrons. The van der Waals surface area contributed by atoms with E-state index in [-0.39, 0.29) is 24.4 Å². The second-order valence-corrected chi connectivity index (χ2v) is 3.21. The molecule has 0 aromatic rings. The summed E-state index contributed by atoms with van der Waals surface area (Å²) >= 11 is 0. The summed E-state index contributed by atoms with van der Waals surface area (Å²) < 4.78 is 4.96. The van der Waals surface area contributed by atoms with Gasteiger partial charge in [0, 0.05) is 26.2 Å². The summed E-state index contributed by atoms with van der Waals surface area (Å²) in [5, 5.41) is 3.25. The molecule has 1 heterocycles. The number of halogens is 1. The lowest BCUT2D eigenvalue weighted by Gasteiger charge is -2.31. The molecule has 0 aromatic carbocycles. The number of piperazine rings is 1. The number of nitrogens with one attached hydrogen (secondary N) is 1. The fourth-order valence-electron chi connectivity index (χ4n) is 1.48. The lowest BCUT2D eigenvalue weighted by Crippen LogP contribution is -2.50. The Balaban J connectivity index is 0.00000169. The minimum atomic E-state index is -0.107. The molecule has 0 amide bonds. The highest BCUT2D eigenvalue weighted by Gasteiger charge is 2.23. The Morgan fingerprint density at radius 1 is 1.50 bits per heavy atom. The predicted octanol–water partition coefficient (Wildman–Crippen LogP) is 0.265. The van der Waals surface area contributed by atoms with Crippen LogP contribution in [0.1, 0.15) is 13.8 Å². The van der Waals surface area contributed by atoms with Crippen LogP contribution in [-0.4, -0.2) is 49.7 Å². The first-order valence-corrected chi connectivity index (χ1v) is 4.87. The average Bonchev–Trinajstić information content (AvgIpc) is 2.18. The van der Waals surface area contributed by atoms with Crippen LogP contribution in [0.15, 0.2) is 0 Å². The molecule has 14 heavy (non-hydrogen) atoms. The normalized spacial score (nSPS) is 19.6. The summed E-state index contributed by atoms with van der Waals surface area (Å²) in [7, 11) is 0. The van der Waals surface area contributed by atoms with Crippen LogP contribution in [0.25, 0.3) is 0 Å². The smallest absolute Gasteiger partial charge is 0.323 e. The standard InChI is InChI=1S/C9H18N2O2.ClH/c1-3-13-9(12)8(2)11-6-4-10-5-7-11;/h8,10H,3-7H2,1-2H3;1H. The molecule has 0 aliphatic carbocycles. The van der Waals surface area contributed by atoms with Gasteiger partial charge in [0.1, 0.15) is 6.04 Å². The molecule has 0 bridgehead atoms. The fourth-order valence-corrected chi connectivity index (χ4v) is 1.48. The van der Waals surface area contributed by atoms with Crippen molar-refractivity contribution in [1.82, 2.24) is 10.2 Å². The van der Waals surface area contributed by atoms with Gasteiger partial charge in [-0.3, -0.25) is 9.69 Å². The third kappa shape index (κ3) is 3.82. The van der Waals surface area contributed by atoms with E-state index in [0.29, 0.717) is 6.61 Å². The monoisotopic (exact) mass is 222 g/mol. The SMILES string of the molecule is CCOC(=O)C(C)N1CCNCC1.Cl. The number of esters is 1. The molecule has 0 aromatic heterocycles. The highest BCUT2D eigenvalue weighted by atomic mass is 35.5. The van der Waals surface area contributed by atoms with Crippen LogP contribution in [0.5, 0.6) is 0 Å². The third-order valence-electron chi connectivity index (χ3n) is 2.33. The maximum atomic E-state index is 11.4. The van der Waals surface area contributed by atoms with Crippen LogP contribution in [0.4, 0.5) is 0 Å². The zero-order valence-electron chi connectivity index (χ0n) is 8.78. The third-order valence-corrected chi connectivity index (χ3v) is 2.33. The molecular weight excluding hydrogens is 204 g/mol.